The number of para-hydroxylation sites is 1. The molecule has 0 aliphatic heterocycles. The highest BCUT2D eigenvalue weighted by Gasteiger charge is 2.09. The van der Waals surface area contributed by atoms with E-state index in [2.05, 4.69) is 15.9 Å². The Morgan fingerprint density at radius 2 is 1.80 bits per heavy atom. The maximum Gasteiger partial charge on any atom is 0.175 e. The predicted molar refractivity (Wildman–Crippen MR) is 82.4 cm³/mol. The third-order valence-corrected chi connectivity index (χ3v) is 3.45. The van der Waals surface area contributed by atoms with Crippen LogP contribution in [0.3, 0.4) is 0 Å². The van der Waals surface area contributed by atoms with E-state index < -0.39 is 0 Å². The number of rotatable bonds is 5. The van der Waals surface area contributed by atoms with Crippen LogP contribution in [-0.2, 0) is 6.61 Å². The average molecular weight is 338 g/mol. The minimum absolute atomic E-state index is 0.396. The molecule has 0 unspecified atom stereocenters. The molecule has 0 fully saturated rings. The Balaban J connectivity index is 2.15. The van der Waals surface area contributed by atoms with Crippen LogP contribution in [0.5, 0.6) is 17.2 Å². The lowest BCUT2D eigenvalue weighted by molar-refractivity contribution is 0.282. The number of nitrogen functional groups attached to an aromatic ring is 1. The van der Waals surface area contributed by atoms with Gasteiger partial charge in [0.05, 0.1) is 24.4 Å². The van der Waals surface area contributed by atoms with Crippen molar-refractivity contribution < 1.29 is 14.2 Å². The molecular weight excluding hydrogens is 322 g/mol. The summed E-state index contributed by atoms with van der Waals surface area (Å²) in [6, 6.07) is 11.2. The fourth-order valence-corrected chi connectivity index (χ4v) is 2.28. The summed E-state index contributed by atoms with van der Waals surface area (Å²) in [5, 5.41) is 0. The highest BCUT2D eigenvalue weighted by Crippen LogP contribution is 2.35. The summed E-state index contributed by atoms with van der Waals surface area (Å²) in [5.41, 5.74) is 7.42. The largest absolute Gasteiger partial charge is 0.495 e. The van der Waals surface area contributed by atoms with E-state index in [0.29, 0.717) is 29.5 Å². The summed E-state index contributed by atoms with van der Waals surface area (Å²) in [6.07, 6.45) is 0. The van der Waals surface area contributed by atoms with E-state index in [0.717, 1.165) is 10.0 Å². The lowest BCUT2D eigenvalue weighted by atomic mass is 10.2. The fourth-order valence-electron chi connectivity index (χ4n) is 1.82. The van der Waals surface area contributed by atoms with Crippen LogP contribution in [0, 0.1) is 0 Å². The van der Waals surface area contributed by atoms with E-state index in [9.17, 15) is 0 Å². The first-order chi connectivity index (χ1) is 9.65. The van der Waals surface area contributed by atoms with Crippen LogP contribution in [0.15, 0.2) is 40.9 Å². The first-order valence-electron chi connectivity index (χ1n) is 6.03. The summed E-state index contributed by atoms with van der Waals surface area (Å²) in [7, 11) is 3.20. The van der Waals surface area contributed by atoms with Gasteiger partial charge in [0.15, 0.2) is 11.5 Å². The minimum atomic E-state index is 0.396. The maximum absolute atomic E-state index is 5.87. The molecule has 0 spiro atoms. The zero-order valence-electron chi connectivity index (χ0n) is 11.4. The van der Waals surface area contributed by atoms with Crippen LogP contribution in [0.25, 0.3) is 0 Å². The Hall–Kier alpha value is -1.88. The second-order valence-corrected chi connectivity index (χ2v) is 4.99. The van der Waals surface area contributed by atoms with E-state index in [-0.39, 0.29) is 0 Å². The Bertz CT molecular complexity index is 602. The van der Waals surface area contributed by atoms with Gasteiger partial charge >= 0.3 is 0 Å². The van der Waals surface area contributed by atoms with Crippen LogP contribution < -0.4 is 19.9 Å². The molecule has 0 aliphatic rings. The SMILES string of the molecule is COc1ccc(COc2c(Br)cccc2OC)cc1N. The summed E-state index contributed by atoms with van der Waals surface area (Å²) >= 11 is 3.45. The number of hydrogen-bond acceptors (Lipinski definition) is 4. The molecule has 0 heterocycles. The van der Waals surface area contributed by atoms with Crippen molar-refractivity contribution in [3.8, 4) is 17.2 Å². The van der Waals surface area contributed by atoms with E-state index in [4.69, 9.17) is 19.9 Å². The Kier molecular flexibility index (Phi) is 4.74. The predicted octanol–water partition coefficient (Wildman–Crippen LogP) is 3.63. The number of nitrogens with two attached hydrogens (primary N) is 1. The third kappa shape index (κ3) is 3.17. The van der Waals surface area contributed by atoms with Gasteiger partial charge in [0.2, 0.25) is 0 Å². The molecule has 0 amide bonds. The molecule has 4 nitrogen and oxygen atoms in total. The van der Waals surface area contributed by atoms with Crippen molar-refractivity contribution in [1.29, 1.82) is 0 Å². The number of anilines is 1. The zero-order valence-corrected chi connectivity index (χ0v) is 12.9. The second-order valence-electron chi connectivity index (χ2n) is 4.14. The van der Waals surface area contributed by atoms with Gasteiger partial charge in [0.1, 0.15) is 12.4 Å². The molecule has 0 bridgehead atoms. The van der Waals surface area contributed by atoms with E-state index >= 15 is 0 Å². The van der Waals surface area contributed by atoms with Gasteiger partial charge in [0, 0.05) is 0 Å². The molecule has 5 heteroatoms. The summed E-state index contributed by atoms with van der Waals surface area (Å²) in [4.78, 5) is 0. The van der Waals surface area contributed by atoms with Gasteiger partial charge in [-0.05, 0) is 45.8 Å². The number of ether oxygens (including phenoxy) is 3. The van der Waals surface area contributed by atoms with Gasteiger partial charge in [-0.25, -0.2) is 0 Å². The molecule has 0 saturated heterocycles. The monoisotopic (exact) mass is 337 g/mol. The van der Waals surface area contributed by atoms with Crippen molar-refractivity contribution in [2.24, 2.45) is 0 Å². The van der Waals surface area contributed by atoms with Gasteiger partial charge < -0.3 is 19.9 Å². The van der Waals surface area contributed by atoms with Gasteiger partial charge in [-0.2, -0.15) is 0 Å². The molecule has 0 atom stereocenters. The lowest BCUT2D eigenvalue weighted by Crippen LogP contribution is -2.00. The van der Waals surface area contributed by atoms with Crippen LogP contribution in [0.2, 0.25) is 0 Å². The highest BCUT2D eigenvalue weighted by atomic mass is 79.9. The van der Waals surface area contributed by atoms with Crippen LogP contribution >= 0.6 is 15.9 Å². The summed E-state index contributed by atoms with van der Waals surface area (Å²) in [5.74, 6) is 2.01. The highest BCUT2D eigenvalue weighted by molar-refractivity contribution is 9.10. The van der Waals surface area contributed by atoms with Crippen molar-refractivity contribution in [2.75, 3.05) is 20.0 Å². The first kappa shape index (κ1) is 14.5. The molecule has 0 aromatic heterocycles. The molecule has 2 N–H and O–H groups in total. The molecule has 0 radical (unpaired) electrons. The lowest BCUT2D eigenvalue weighted by Gasteiger charge is -2.13. The second kappa shape index (κ2) is 6.52. The van der Waals surface area contributed by atoms with Gasteiger partial charge in [-0.15, -0.1) is 0 Å². The van der Waals surface area contributed by atoms with Gasteiger partial charge in [-0.1, -0.05) is 12.1 Å². The third-order valence-electron chi connectivity index (χ3n) is 2.83. The number of benzene rings is 2. The molecule has 2 aromatic carbocycles. The van der Waals surface area contributed by atoms with Gasteiger partial charge in [-0.3, -0.25) is 0 Å². The van der Waals surface area contributed by atoms with Crippen molar-refractivity contribution >= 4 is 21.6 Å². The van der Waals surface area contributed by atoms with Crippen molar-refractivity contribution in [3.05, 3.63) is 46.4 Å². The number of methoxy groups -OCH3 is 2. The standard InChI is InChI=1S/C15H16BrNO3/c1-18-13-7-6-10(8-12(13)17)9-20-15-11(16)4-3-5-14(15)19-2/h3-8H,9,17H2,1-2H3. The van der Waals surface area contributed by atoms with Crippen LogP contribution in [0.4, 0.5) is 5.69 Å². The molecular formula is C15H16BrNO3. The van der Waals surface area contributed by atoms with Gasteiger partial charge in [0.25, 0.3) is 0 Å². The molecule has 0 aliphatic carbocycles. The molecule has 0 saturated carbocycles. The minimum Gasteiger partial charge on any atom is -0.495 e. The van der Waals surface area contributed by atoms with Crippen molar-refractivity contribution in [3.63, 3.8) is 0 Å². The van der Waals surface area contributed by atoms with E-state index in [1.165, 1.54) is 0 Å². The Morgan fingerprint density at radius 1 is 1.05 bits per heavy atom. The summed E-state index contributed by atoms with van der Waals surface area (Å²) < 4.78 is 17.1. The van der Waals surface area contributed by atoms with Crippen molar-refractivity contribution in [1.82, 2.24) is 0 Å². The first-order valence-corrected chi connectivity index (χ1v) is 6.82. The molecule has 106 valence electrons. The molecule has 20 heavy (non-hydrogen) atoms. The fraction of sp³-hybridized carbons (Fsp3) is 0.200. The maximum atomic E-state index is 5.87. The molecule has 2 aromatic rings. The Morgan fingerprint density at radius 3 is 2.45 bits per heavy atom. The summed E-state index contributed by atoms with van der Waals surface area (Å²) in [6.45, 7) is 0.396. The topological polar surface area (TPSA) is 53.7 Å². The van der Waals surface area contributed by atoms with E-state index in [1.54, 1.807) is 14.2 Å². The molecule has 2 rings (SSSR count). The zero-order chi connectivity index (χ0) is 14.5. The number of hydrogen-bond donors (Lipinski definition) is 1. The number of halogens is 1. The normalized spacial score (nSPS) is 10.2. The Labute approximate surface area is 126 Å². The quantitative estimate of drug-likeness (QED) is 0.846. The van der Waals surface area contributed by atoms with Crippen LogP contribution in [0.1, 0.15) is 5.56 Å². The average Bonchev–Trinajstić information content (AvgIpc) is 2.46. The van der Waals surface area contributed by atoms with Crippen molar-refractivity contribution in [2.45, 2.75) is 6.61 Å². The van der Waals surface area contributed by atoms with E-state index in [1.807, 2.05) is 36.4 Å². The van der Waals surface area contributed by atoms with Crippen LogP contribution in [-0.4, -0.2) is 14.2 Å². The smallest absolute Gasteiger partial charge is 0.175 e.